The number of unbranched alkanes of at least 4 members (excludes halogenated alkanes) is 3. The Morgan fingerprint density at radius 1 is 0.811 bits per heavy atom. The summed E-state index contributed by atoms with van der Waals surface area (Å²) < 4.78 is 0. The first-order valence-corrected chi connectivity index (χ1v) is 15.0. The van der Waals surface area contributed by atoms with Gasteiger partial charge in [0.05, 0.1) is 0 Å². The van der Waals surface area contributed by atoms with E-state index in [4.69, 9.17) is 0 Å². The number of rotatable bonds is 16. The molecule has 0 aromatic heterocycles. The van der Waals surface area contributed by atoms with Gasteiger partial charge in [-0.15, -0.1) is 0 Å². The van der Waals surface area contributed by atoms with Crippen LogP contribution < -0.4 is 0 Å². The summed E-state index contributed by atoms with van der Waals surface area (Å²) in [4.78, 5) is 13.8. The van der Waals surface area contributed by atoms with E-state index in [0.29, 0.717) is 17.4 Å². The summed E-state index contributed by atoms with van der Waals surface area (Å²) in [5.41, 5.74) is 6.30. The van der Waals surface area contributed by atoms with E-state index in [1.54, 1.807) is 6.08 Å². The molecule has 0 saturated carbocycles. The lowest BCUT2D eigenvalue weighted by atomic mass is 9.84. The monoisotopic (exact) mass is 504 g/mol. The van der Waals surface area contributed by atoms with Crippen LogP contribution in [-0.2, 0) is 6.42 Å². The first kappa shape index (κ1) is 30.9. The molecule has 2 nitrogen and oxygen atoms in total. The number of hydrogen-bond acceptors (Lipinski definition) is 2. The second-order valence-corrected chi connectivity index (χ2v) is 11.1. The molecule has 3 atom stereocenters. The highest BCUT2D eigenvalue weighted by atomic mass is 16.3. The zero-order valence-electron chi connectivity index (χ0n) is 24.7. The summed E-state index contributed by atoms with van der Waals surface area (Å²) in [5.74, 6) is 1.18. The summed E-state index contributed by atoms with van der Waals surface area (Å²) in [6, 6.07) is 10.7. The van der Waals surface area contributed by atoms with Crippen LogP contribution in [0.4, 0.5) is 0 Å². The summed E-state index contributed by atoms with van der Waals surface area (Å²) >= 11 is 0. The molecule has 0 amide bonds. The van der Waals surface area contributed by atoms with E-state index >= 15 is 0 Å². The molecule has 204 valence electrons. The maximum Gasteiger partial charge on any atom is 0.186 e. The molecule has 0 radical (unpaired) electrons. The van der Waals surface area contributed by atoms with Gasteiger partial charge in [-0.05, 0) is 83.9 Å². The maximum atomic E-state index is 13.8. The molecule has 0 saturated heterocycles. The van der Waals surface area contributed by atoms with Gasteiger partial charge in [-0.3, -0.25) is 4.79 Å². The Labute approximate surface area is 227 Å². The second kappa shape index (κ2) is 15.8. The van der Waals surface area contributed by atoms with Gasteiger partial charge >= 0.3 is 0 Å². The highest BCUT2D eigenvalue weighted by Crippen LogP contribution is 2.37. The minimum absolute atomic E-state index is 0.00717. The van der Waals surface area contributed by atoms with Crippen LogP contribution in [0.1, 0.15) is 162 Å². The van der Waals surface area contributed by atoms with Crippen LogP contribution in [-0.4, -0.2) is 10.9 Å². The van der Waals surface area contributed by atoms with Gasteiger partial charge in [0.1, 0.15) is 5.75 Å². The lowest BCUT2D eigenvalue weighted by Crippen LogP contribution is -2.08. The van der Waals surface area contributed by atoms with Gasteiger partial charge in [0.2, 0.25) is 0 Å². The van der Waals surface area contributed by atoms with Crippen LogP contribution in [0.15, 0.2) is 36.4 Å². The Balaban J connectivity index is 2.51. The fraction of sp³-hybridized carbons (Fsp3) is 0.571. The molecule has 0 bridgehead atoms. The third-order valence-electron chi connectivity index (χ3n) is 7.98. The van der Waals surface area contributed by atoms with Crippen molar-refractivity contribution < 1.29 is 9.90 Å². The lowest BCUT2D eigenvalue weighted by molar-refractivity contribution is 0.104. The third kappa shape index (κ3) is 8.87. The van der Waals surface area contributed by atoms with Crippen LogP contribution in [0.25, 0.3) is 6.08 Å². The van der Waals surface area contributed by atoms with E-state index in [1.165, 1.54) is 24.0 Å². The molecule has 1 N–H and O–H groups in total. The van der Waals surface area contributed by atoms with Crippen LogP contribution in [0.2, 0.25) is 0 Å². The predicted octanol–water partition coefficient (Wildman–Crippen LogP) is 10.7. The predicted molar refractivity (Wildman–Crippen MR) is 161 cm³/mol. The van der Waals surface area contributed by atoms with E-state index in [9.17, 15) is 9.90 Å². The first-order chi connectivity index (χ1) is 17.8. The zero-order chi connectivity index (χ0) is 27.4. The number of phenols is 1. The molecule has 3 unspecified atom stereocenters. The van der Waals surface area contributed by atoms with Gasteiger partial charge in [-0.1, -0.05) is 111 Å². The first-order valence-electron chi connectivity index (χ1n) is 15.0. The van der Waals surface area contributed by atoms with E-state index in [-0.39, 0.29) is 17.5 Å². The number of carbonyl (C=O) groups excluding carboxylic acids is 1. The van der Waals surface area contributed by atoms with E-state index in [1.807, 2.05) is 12.1 Å². The summed E-state index contributed by atoms with van der Waals surface area (Å²) in [7, 11) is 0. The van der Waals surface area contributed by atoms with Crippen LogP contribution in [0, 0.1) is 0 Å². The molecule has 2 aromatic rings. The number of benzene rings is 2. The molecule has 0 aliphatic carbocycles. The van der Waals surface area contributed by atoms with Crippen LogP contribution in [0.3, 0.4) is 0 Å². The number of phenolic OH excluding ortho intramolecular Hbond substituents is 1. The van der Waals surface area contributed by atoms with Gasteiger partial charge in [0.25, 0.3) is 0 Å². The molecule has 37 heavy (non-hydrogen) atoms. The average Bonchev–Trinajstić information content (AvgIpc) is 2.91. The number of carbonyl (C=O) groups is 1. The Bertz CT molecular complexity index is 1020. The number of aryl methyl sites for hydroxylation is 1. The summed E-state index contributed by atoms with van der Waals surface area (Å²) in [6.45, 7) is 15.4. The average molecular weight is 505 g/mol. The standard InChI is InChI=1S/C35H52O2/c1-8-12-15-25(5)30-23-32(35(34(37)24-30)27(7)17-14-10-3)33(36)21-19-29-22-28(11-4)18-20-31(29)26(6)16-13-9-2/h18-27,37H,8-17H2,1-7H3/b21-19+. The van der Waals surface area contributed by atoms with Gasteiger partial charge in [-0.25, -0.2) is 0 Å². The van der Waals surface area contributed by atoms with Crippen molar-refractivity contribution in [1.29, 1.82) is 0 Å². The number of hydrogen-bond donors (Lipinski definition) is 1. The molecule has 2 aromatic carbocycles. The molecule has 0 aliphatic heterocycles. The van der Waals surface area contributed by atoms with E-state index in [0.717, 1.165) is 68.1 Å². The largest absolute Gasteiger partial charge is 0.508 e. The Morgan fingerprint density at radius 2 is 1.41 bits per heavy atom. The summed E-state index contributed by atoms with van der Waals surface area (Å²) in [6.07, 6.45) is 14.8. The topological polar surface area (TPSA) is 37.3 Å². The molecule has 0 spiro atoms. The maximum absolute atomic E-state index is 13.8. The molecular weight excluding hydrogens is 452 g/mol. The number of allylic oxidation sites excluding steroid dienone is 1. The number of aromatic hydroxyl groups is 1. The highest BCUT2D eigenvalue weighted by Gasteiger charge is 2.22. The van der Waals surface area contributed by atoms with E-state index < -0.39 is 0 Å². The molecular formula is C35H52O2. The smallest absolute Gasteiger partial charge is 0.186 e. The second-order valence-electron chi connectivity index (χ2n) is 11.1. The van der Waals surface area contributed by atoms with Gasteiger partial charge in [-0.2, -0.15) is 0 Å². The SMILES string of the molecule is CCCCC(C)c1cc(O)c(C(C)CCCC)c(C(=O)/C=C/c2cc(CC)ccc2C(C)CCCC)c1. The van der Waals surface area contributed by atoms with Crippen LogP contribution >= 0.6 is 0 Å². The van der Waals surface area contributed by atoms with Crippen molar-refractivity contribution in [2.24, 2.45) is 0 Å². The fourth-order valence-electron chi connectivity index (χ4n) is 5.36. The quantitative estimate of drug-likeness (QED) is 0.182. The van der Waals surface area contributed by atoms with Crippen molar-refractivity contribution in [2.45, 2.75) is 130 Å². The van der Waals surface area contributed by atoms with Gasteiger partial charge in [0.15, 0.2) is 5.78 Å². The molecule has 2 heteroatoms. The highest BCUT2D eigenvalue weighted by molar-refractivity contribution is 6.08. The Kier molecular flexibility index (Phi) is 13.2. The van der Waals surface area contributed by atoms with Gasteiger partial charge in [0, 0.05) is 11.1 Å². The van der Waals surface area contributed by atoms with Crippen LogP contribution in [0.5, 0.6) is 5.75 Å². The molecule has 0 heterocycles. The zero-order valence-corrected chi connectivity index (χ0v) is 24.7. The summed E-state index contributed by atoms with van der Waals surface area (Å²) in [5, 5.41) is 11.1. The van der Waals surface area contributed by atoms with Crippen molar-refractivity contribution >= 4 is 11.9 Å². The fourth-order valence-corrected chi connectivity index (χ4v) is 5.36. The lowest BCUT2D eigenvalue weighted by Gasteiger charge is -2.20. The number of ketones is 1. The van der Waals surface area contributed by atoms with Crippen molar-refractivity contribution in [3.63, 3.8) is 0 Å². The van der Waals surface area contributed by atoms with Gasteiger partial charge < -0.3 is 5.11 Å². The molecule has 2 rings (SSSR count). The van der Waals surface area contributed by atoms with Crippen molar-refractivity contribution in [1.82, 2.24) is 0 Å². The van der Waals surface area contributed by atoms with Crippen molar-refractivity contribution in [3.05, 3.63) is 69.8 Å². The van der Waals surface area contributed by atoms with Crippen molar-refractivity contribution in [3.8, 4) is 5.75 Å². The Hall–Kier alpha value is -2.35. The Morgan fingerprint density at radius 3 is 2.00 bits per heavy atom. The minimum Gasteiger partial charge on any atom is -0.508 e. The normalized spacial score (nSPS) is 14.1. The molecule has 0 aliphatic rings. The molecule has 0 fully saturated rings. The third-order valence-corrected chi connectivity index (χ3v) is 7.98. The van der Waals surface area contributed by atoms with Crippen molar-refractivity contribution in [2.75, 3.05) is 0 Å². The minimum atomic E-state index is -0.00717. The van der Waals surface area contributed by atoms with E-state index in [2.05, 4.69) is 72.7 Å².